The van der Waals surface area contributed by atoms with E-state index in [1.165, 1.54) is 36.2 Å². The van der Waals surface area contributed by atoms with Gasteiger partial charge in [-0.15, -0.1) is 0 Å². The van der Waals surface area contributed by atoms with Crippen LogP contribution in [0, 0.1) is 17.1 Å². The van der Waals surface area contributed by atoms with Gasteiger partial charge in [-0.2, -0.15) is 18.4 Å². The van der Waals surface area contributed by atoms with Crippen molar-refractivity contribution in [3.05, 3.63) is 65.4 Å². The van der Waals surface area contributed by atoms with Crippen molar-refractivity contribution in [3.8, 4) is 6.07 Å². The molecule has 2 aliphatic rings. The minimum Gasteiger partial charge on any atom is -0.355 e. The summed E-state index contributed by atoms with van der Waals surface area (Å²) in [5.41, 5.74) is -2.00. The molecule has 1 spiro atoms. The number of nitrogens with zero attached hydrogens (tertiary/aromatic N) is 4. The molecule has 2 heterocycles. The smallest absolute Gasteiger partial charge is 0.355 e. The number of nitrogens with one attached hydrogen (secondary N) is 1. The van der Waals surface area contributed by atoms with Gasteiger partial charge < -0.3 is 10.2 Å². The Labute approximate surface area is 192 Å². The summed E-state index contributed by atoms with van der Waals surface area (Å²) in [4.78, 5) is 18.6. The number of pyridine rings is 1. The van der Waals surface area contributed by atoms with Crippen molar-refractivity contribution in [3.63, 3.8) is 0 Å². The molecule has 1 aliphatic carbocycles. The monoisotopic (exact) mass is 475 g/mol. The predicted octanol–water partition coefficient (Wildman–Crippen LogP) is 4.52. The Morgan fingerprint density at radius 2 is 2.00 bits per heavy atom. The van der Waals surface area contributed by atoms with E-state index < -0.39 is 34.7 Å². The molecule has 4 rings (SSSR count). The van der Waals surface area contributed by atoms with Gasteiger partial charge in [-0.1, -0.05) is 6.58 Å². The number of aromatic nitrogens is 1. The molecule has 1 aromatic carbocycles. The number of anilines is 2. The third-order valence-electron chi connectivity index (χ3n) is 6.02. The standard InChI is InChI=1S/C22H17F4N5OS/c1-12-21(6-3-7-21)31(13-4-5-15(17(23)9-13)19(32)28-2)20(33)30(12)14-8-16(22(24,25)26)18(10-27)29-11-14/h4-5,8-9,11H,1,3,6-7H2,2H3,(H,28,32). The normalized spacial score (nSPS) is 17.2. The van der Waals surface area contributed by atoms with E-state index in [1.54, 1.807) is 4.90 Å². The maximum Gasteiger partial charge on any atom is 0.419 e. The maximum atomic E-state index is 14.7. The van der Waals surface area contributed by atoms with Gasteiger partial charge in [0.15, 0.2) is 10.8 Å². The van der Waals surface area contributed by atoms with Crippen LogP contribution < -0.4 is 15.1 Å². The zero-order chi connectivity index (χ0) is 24.1. The zero-order valence-electron chi connectivity index (χ0n) is 17.3. The highest BCUT2D eigenvalue weighted by Gasteiger charge is 2.55. The third-order valence-corrected chi connectivity index (χ3v) is 6.39. The number of alkyl halides is 3. The van der Waals surface area contributed by atoms with Gasteiger partial charge in [0, 0.05) is 18.4 Å². The molecule has 1 saturated carbocycles. The second-order valence-corrected chi connectivity index (χ2v) is 8.09. The fourth-order valence-corrected chi connectivity index (χ4v) is 4.72. The lowest BCUT2D eigenvalue weighted by Gasteiger charge is -2.45. The fraction of sp³-hybridized carbons (Fsp3) is 0.273. The Hall–Kier alpha value is -3.52. The zero-order valence-corrected chi connectivity index (χ0v) is 18.1. The van der Waals surface area contributed by atoms with E-state index in [-0.39, 0.29) is 16.4 Å². The number of thiocarbonyl (C=S) groups is 1. The fourth-order valence-electron chi connectivity index (χ4n) is 4.23. The average Bonchev–Trinajstić information content (AvgIpc) is 2.98. The van der Waals surface area contributed by atoms with Crippen LogP contribution in [0.2, 0.25) is 0 Å². The molecule has 1 aliphatic heterocycles. The SMILES string of the molecule is C=C1N(c2cnc(C#N)c(C(F)(F)F)c2)C(=S)N(c2ccc(C(=O)NC)c(F)c2)C12CCC2. The Morgan fingerprint density at radius 1 is 1.30 bits per heavy atom. The maximum absolute atomic E-state index is 14.7. The van der Waals surface area contributed by atoms with E-state index in [4.69, 9.17) is 17.5 Å². The number of amides is 1. The topological polar surface area (TPSA) is 72.3 Å². The molecule has 1 saturated heterocycles. The van der Waals surface area contributed by atoms with Crippen LogP contribution in [0.1, 0.15) is 40.9 Å². The number of hydrogen-bond donors (Lipinski definition) is 1. The van der Waals surface area contributed by atoms with Crippen molar-refractivity contribution in [2.75, 3.05) is 16.8 Å². The highest BCUT2D eigenvalue weighted by atomic mass is 32.1. The second-order valence-electron chi connectivity index (χ2n) is 7.73. The molecule has 1 N–H and O–H groups in total. The summed E-state index contributed by atoms with van der Waals surface area (Å²) in [6.07, 6.45) is -1.61. The number of benzene rings is 1. The molecule has 0 unspecified atom stereocenters. The van der Waals surface area contributed by atoms with Crippen molar-refractivity contribution in [2.45, 2.75) is 31.0 Å². The third kappa shape index (κ3) is 3.41. The minimum absolute atomic E-state index is 0.00699. The molecule has 2 fully saturated rings. The molecule has 11 heteroatoms. The van der Waals surface area contributed by atoms with Gasteiger partial charge in [0.05, 0.1) is 28.6 Å². The molecule has 0 radical (unpaired) electrons. The quantitative estimate of drug-likeness (QED) is 0.520. The van der Waals surface area contributed by atoms with Gasteiger partial charge in [0.2, 0.25) is 0 Å². The number of nitriles is 1. The van der Waals surface area contributed by atoms with E-state index in [0.717, 1.165) is 18.7 Å². The lowest BCUT2D eigenvalue weighted by Crippen LogP contribution is -2.51. The molecule has 0 bridgehead atoms. The first kappa shape index (κ1) is 22.7. The molecular weight excluding hydrogens is 458 g/mol. The van der Waals surface area contributed by atoms with Crippen LogP contribution in [0.15, 0.2) is 42.7 Å². The van der Waals surface area contributed by atoms with Gasteiger partial charge in [0.1, 0.15) is 11.9 Å². The number of carbonyl (C=O) groups excluding carboxylic acids is 1. The summed E-state index contributed by atoms with van der Waals surface area (Å²) in [6.45, 7) is 4.09. The van der Waals surface area contributed by atoms with Crippen molar-refractivity contribution in [1.82, 2.24) is 10.3 Å². The van der Waals surface area contributed by atoms with Crippen LogP contribution in [0.5, 0.6) is 0 Å². The van der Waals surface area contributed by atoms with Gasteiger partial charge in [-0.25, -0.2) is 9.37 Å². The van der Waals surface area contributed by atoms with E-state index >= 15 is 0 Å². The molecular formula is C22H17F4N5OS. The van der Waals surface area contributed by atoms with Crippen LogP contribution in [0.4, 0.5) is 28.9 Å². The van der Waals surface area contributed by atoms with Gasteiger partial charge in [0.25, 0.3) is 5.91 Å². The second kappa shape index (κ2) is 7.81. The molecule has 1 aromatic heterocycles. The Morgan fingerprint density at radius 3 is 2.52 bits per heavy atom. The average molecular weight is 475 g/mol. The number of rotatable bonds is 3. The Balaban J connectivity index is 1.80. The molecule has 33 heavy (non-hydrogen) atoms. The van der Waals surface area contributed by atoms with E-state index in [9.17, 15) is 22.4 Å². The highest BCUT2D eigenvalue weighted by molar-refractivity contribution is 7.80. The largest absolute Gasteiger partial charge is 0.419 e. The van der Waals surface area contributed by atoms with Crippen molar-refractivity contribution < 1.29 is 22.4 Å². The van der Waals surface area contributed by atoms with E-state index in [2.05, 4.69) is 16.9 Å². The lowest BCUT2D eigenvalue weighted by atomic mass is 9.74. The van der Waals surface area contributed by atoms with Gasteiger partial charge in [-0.05, 0) is 55.7 Å². The summed E-state index contributed by atoms with van der Waals surface area (Å²) in [7, 11) is 1.39. The summed E-state index contributed by atoms with van der Waals surface area (Å²) in [5.74, 6) is -1.34. The highest BCUT2D eigenvalue weighted by Crippen LogP contribution is 2.52. The summed E-state index contributed by atoms with van der Waals surface area (Å²) in [6, 6.07) is 6.30. The van der Waals surface area contributed by atoms with Crippen molar-refractivity contribution >= 4 is 34.6 Å². The minimum atomic E-state index is -4.79. The van der Waals surface area contributed by atoms with E-state index in [0.29, 0.717) is 24.2 Å². The first-order valence-corrected chi connectivity index (χ1v) is 10.3. The number of carbonyl (C=O) groups is 1. The molecule has 6 nitrogen and oxygen atoms in total. The lowest BCUT2D eigenvalue weighted by molar-refractivity contribution is -0.138. The van der Waals surface area contributed by atoms with Gasteiger partial charge in [-0.3, -0.25) is 9.69 Å². The summed E-state index contributed by atoms with van der Waals surface area (Å²) < 4.78 is 55.2. The molecule has 1 amide bonds. The van der Waals surface area contributed by atoms with Gasteiger partial charge >= 0.3 is 6.18 Å². The first-order chi connectivity index (χ1) is 15.5. The van der Waals surface area contributed by atoms with E-state index in [1.807, 2.05) is 0 Å². The predicted molar refractivity (Wildman–Crippen MR) is 117 cm³/mol. The van der Waals surface area contributed by atoms with Crippen LogP contribution in [0.3, 0.4) is 0 Å². The molecule has 170 valence electrons. The first-order valence-electron chi connectivity index (χ1n) is 9.88. The van der Waals surface area contributed by atoms with Crippen LogP contribution >= 0.6 is 12.2 Å². The van der Waals surface area contributed by atoms with Crippen LogP contribution in [0.25, 0.3) is 0 Å². The summed E-state index contributed by atoms with van der Waals surface area (Å²) in [5, 5.41) is 11.5. The van der Waals surface area contributed by atoms with Crippen LogP contribution in [-0.4, -0.2) is 28.6 Å². The Bertz CT molecular complexity index is 1230. The van der Waals surface area contributed by atoms with Crippen LogP contribution in [-0.2, 0) is 6.18 Å². The van der Waals surface area contributed by atoms with Crippen molar-refractivity contribution in [2.24, 2.45) is 0 Å². The molecule has 2 aromatic rings. The summed E-state index contributed by atoms with van der Waals surface area (Å²) >= 11 is 5.62. The number of halogens is 4. The Kier molecular flexibility index (Phi) is 5.36. The molecule has 0 atom stereocenters. The number of hydrogen-bond acceptors (Lipinski definition) is 4. The van der Waals surface area contributed by atoms with Crippen molar-refractivity contribution in [1.29, 1.82) is 5.26 Å².